The van der Waals surface area contributed by atoms with E-state index >= 15 is 0 Å². The summed E-state index contributed by atoms with van der Waals surface area (Å²) in [5.74, 6) is -6.39. The number of nitrogens with two attached hydrogens (primary N) is 1. The highest BCUT2D eigenvalue weighted by Crippen LogP contribution is 2.35. The SMILES string of the molecule is CCOC(=O)C(F)(F)[C@H](N)c1cccc(F)c1Br.Cl. The van der Waals surface area contributed by atoms with Gasteiger partial charge in [-0.25, -0.2) is 9.18 Å². The predicted octanol–water partition coefficient (Wildman–Crippen LogP) is 3.21. The van der Waals surface area contributed by atoms with E-state index in [0.29, 0.717) is 0 Å². The van der Waals surface area contributed by atoms with Crippen LogP contribution in [-0.2, 0) is 9.53 Å². The van der Waals surface area contributed by atoms with Crippen LogP contribution in [0, 0.1) is 5.82 Å². The number of halogens is 5. The van der Waals surface area contributed by atoms with Gasteiger partial charge in [0.15, 0.2) is 0 Å². The Kier molecular flexibility index (Phi) is 6.82. The predicted molar refractivity (Wildman–Crippen MR) is 69.9 cm³/mol. The lowest BCUT2D eigenvalue weighted by Crippen LogP contribution is -2.42. The third-order valence-electron chi connectivity index (χ3n) is 2.25. The van der Waals surface area contributed by atoms with Crippen molar-refractivity contribution in [3.8, 4) is 0 Å². The minimum Gasteiger partial charge on any atom is -0.462 e. The summed E-state index contributed by atoms with van der Waals surface area (Å²) in [4.78, 5) is 11.1. The van der Waals surface area contributed by atoms with Crippen LogP contribution in [-0.4, -0.2) is 18.5 Å². The molecule has 1 atom stereocenters. The number of carbonyl (C=O) groups is 1. The van der Waals surface area contributed by atoms with Gasteiger partial charge in [0.05, 0.1) is 11.1 Å². The van der Waals surface area contributed by atoms with E-state index < -0.39 is 23.8 Å². The van der Waals surface area contributed by atoms with Gasteiger partial charge in [-0.1, -0.05) is 12.1 Å². The molecule has 19 heavy (non-hydrogen) atoms. The van der Waals surface area contributed by atoms with Crippen molar-refractivity contribution >= 4 is 34.3 Å². The molecule has 0 aliphatic rings. The molecule has 0 aromatic heterocycles. The van der Waals surface area contributed by atoms with E-state index in [0.717, 1.165) is 6.07 Å². The van der Waals surface area contributed by atoms with Crippen molar-refractivity contribution in [3.05, 3.63) is 34.1 Å². The fourth-order valence-corrected chi connectivity index (χ4v) is 1.82. The highest BCUT2D eigenvalue weighted by atomic mass is 79.9. The second-order valence-electron chi connectivity index (χ2n) is 3.46. The minimum atomic E-state index is -3.92. The van der Waals surface area contributed by atoms with Gasteiger partial charge in [-0.2, -0.15) is 8.78 Å². The number of hydrogen-bond donors (Lipinski definition) is 1. The van der Waals surface area contributed by atoms with Gasteiger partial charge in [-0.05, 0) is 34.5 Å². The fraction of sp³-hybridized carbons (Fsp3) is 0.364. The number of alkyl halides is 2. The summed E-state index contributed by atoms with van der Waals surface area (Å²) >= 11 is 2.82. The normalized spacial score (nSPS) is 12.5. The first-order valence-electron chi connectivity index (χ1n) is 5.06. The first-order valence-corrected chi connectivity index (χ1v) is 5.86. The largest absolute Gasteiger partial charge is 0.462 e. The van der Waals surface area contributed by atoms with Crippen molar-refractivity contribution < 1.29 is 22.7 Å². The van der Waals surface area contributed by atoms with Crippen LogP contribution in [0.4, 0.5) is 13.2 Å². The molecule has 1 aromatic rings. The zero-order valence-corrected chi connectivity index (χ0v) is 12.2. The Labute approximate surface area is 122 Å². The van der Waals surface area contributed by atoms with E-state index in [-0.39, 0.29) is 29.1 Å². The topological polar surface area (TPSA) is 52.3 Å². The molecule has 1 rings (SSSR count). The van der Waals surface area contributed by atoms with E-state index in [1.165, 1.54) is 19.1 Å². The summed E-state index contributed by atoms with van der Waals surface area (Å²) in [5, 5.41) is 0. The molecule has 108 valence electrons. The first-order chi connectivity index (χ1) is 8.32. The van der Waals surface area contributed by atoms with Gasteiger partial charge in [0.25, 0.3) is 0 Å². The van der Waals surface area contributed by atoms with Gasteiger partial charge < -0.3 is 10.5 Å². The molecule has 0 radical (unpaired) electrons. The van der Waals surface area contributed by atoms with Crippen LogP contribution in [0.15, 0.2) is 22.7 Å². The first kappa shape index (κ1) is 18.2. The van der Waals surface area contributed by atoms with Gasteiger partial charge in [0.1, 0.15) is 11.9 Å². The van der Waals surface area contributed by atoms with E-state index in [1.54, 1.807) is 0 Å². The van der Waals surface area contributed by atoms with Crippen LogP contribution in [0.25, 0.3) is 0 Å². The molecule has 0 unspecified atom stereocenters. The molecule has 0 bridgehead atoms. The van der Waals surface area contributed by atoms with Crippen LogP contribution in [0.1, 0.15) is 18.5 Å². The maximum Gasteiger partial charge on any atom is 0.379 e. The van der Waals surface area contributed by atoms with E-state index in [4.69, 9.17) is 5.73 Å². The van der Waals surface area contributed by atoms with Crippen molar-refractivity contribution in [3.63, 3.8) is 0 Å². The highest BCUT2D eigenvalue weighted by Gasteiger charge is 2.48. The number of ether oxygens (including phenoxy) is 1. The number of carbonyl (C=O) groups excluding carboxylic acids is 1. The number of benzene rings is 1. The monoisotopic (exact) mass is 361 g/mol. The fourth-order valence-electron chi connectivity index (χ4n) is 1.31. The van der Waals surface area contributed by atoms with Crippen molar-refractivity contribution in [1.29, 1.82) is 0 Å². The van der Waals surface area contributed by atoms with Crippen molar-refractivity contribution in [2.24, 2.45) is 5.73 Å². The zero-order valence-electron chi connectivity index (χ0n) is 9.83. The lowest BCUT2D eigenvalue weighted by molar-refractivity contribution is -0.174. The maximum atomic E-state index is 13.7. The Morgan fingerprint density at radius 1 is 1.53 bits per heavy atom. The minimum absolute atomic E-state index is 0. The molecular weight excluding hydrogens is 350 g/mol. The van der Waals surface area contributed by atoms with Crippen LogP contribution in [0.2, 0.25) is 0 Å². The molecule has 0 amide bonds. The molecule has 0 heterocycles. The van der Waals surface area contributed by atoms with Crippen LogP contribution >= 0.6 is 28.3 Å². The standard InChI is InChI=1S/C11H11BrF3NO2.ClH/c1-2-18-10(17)11(14,15)9(16)6-4-3-5-7(13)8(6)12;/h3-5,9H,2,16H2,1H3;1H/t9-;/m1./s1. The van der Waals surface area contributed by atoms with Crippen LogP contribution in [0.5, 0.6) is 0 Å². The smallest absolute Gasteiger partial charge is 0.379 e. The van der Waals surface area contributed by atoms with Crippen molar-refractivity contribution in [2.75, 3.05) is 6.61 Å². The molecule has 1 aromatic carbocycles. The summed E-state index contributed by atoms with van der Waals surface area (Å²) in [5.41, 5.74) is 5.13. The third-order valence-corrected chi connectivity index (χ3v) is 3.09. The summed E-state index contributed by atoms with van der Waals surface area (Å²) in [6.07, 6.45) is 0. The third kappa shape index (κ3) is 3.84. The molecule has 0 aliphatic heterocycles. The lowest BCUT2D eigenvalue weighted by atomic mass is 10.0. The molecule has 0 spiro atoms. The van der Waals surface area contributed by atoms with E-state index in [2.05, 4.69) is 20.7 Å². The average molecular weight is 363 g/mol. The maximum absolute atomic E-state index is 13.7. The average Bonchev–Trinajstić information content (AvgIpc) is 2.32. The van der Waals surface area contributed by atoms with E-state index in [9.17, 15) is 18.0 Å². The summed E-state index contributed by atoms with van der Waals surface area (Å²) in [6.45, 7) is 1.21. The molecule has 0 fully saturated rings. The lowest BCUT2D eigenvalue weighted by Gasteiger charge is -2.22. The second kappa shape index (κ2) is 7.12. The van der Waals surface area contributed by atoms with Gasteiger partial charge in [-0.15, -0.1) is 12.4 Å². The molecule has 2 N–H and O–H groups in total. The van der Waals surface area contributed by atoms with Gasteiger partial charge in [0, 0.05) is 0 Å². The van der Waals surface area contributed by atoms with Crippen LogP contribution in [0.3, 0.4) is 0 Å². The molecular formula is C11H12BrClF3NO2. The molecule has 0 saturated heterocycles. The Balaban J connectivity index is 0.00000324. The second-order valence-corrected chi connectivity index (χ2v) is 4.26. The quantitative estimate of drug-likeness (QED) is 0.837. The summed E-state index contributed by atoms with van der Waals surface area (Å²) < 4.78 is 44.6. The van der Waals surface area contributed by atoms with Crippen molar-refractivity contribution in [1.82, 2.24) is 0 Å². The van der Waals surface area contributed by atoms with Gasteiger partial charge >= 0.3 is 11.9 Å². The zero-order chi connectivity index (χ0) is 13.9. The van der Waals surface area contributed by atoms with Gasteiger partial charge in [-0.3, -0.25) is 0 Å². The summed E-state index contributed by atoms with van der Waals surface area (Å²) in [7, 11) is 0. The van der Waals surface area contributed by atoms with Gasteiger partial charge in [0.2, 0.25) is 0 Å². The van der Waals surface area contributed by atoms with E-state index in [1.807, 2.05) is 0 Å². The van der Waals surface area contributed by atoms with Crippen molar-refractivity contribution in [2.45, 2.75) is 18.9 Å². The molecule has 0 aliphatic carbocycles. The number of hydrogen-bond acceptors (Lipinski definition) is 3. The molecule has 3 nitrogen and oxygen atoms in total. The Morgan fingerprint density at radius 2 is 2.11 bits per heavy atom. The Morgan fingerprint density at radius 3 is 2.63 bits per heavy atom. The Bertz CT molecular complexity index is 460. The Hall–Kier alpha value is -0.790. The number of rotatable bonds is 4. The van der Waals surface area contributed by atoms with Crippen LogP contribution < -0.4 is 5.73 Å². The highest BCUT2D eigenvalue weighted by molar-refractivity contribution is 9.10. The number of esters is 1. The summed E-state index contributed by atoms with van der Waals surface area (Å²) in [6, 6.07) is 1.55. The molecule has 8 heteroatoms. The molecule has 0 saturated carbocycles.